The molecule has 0 bridgehead atoms. The van der Waals surface area contributed by atoms with Gasteiger partial charge in [-0.05, 0) is 30.4 Å². The normalized spacial score (nSPS) is 25.1. The molecule has 0 aliphatic carbocycles. The van der Waals surface area contributed by atoms with Crippen LogP contribution in [0.4, 0.5) is 5.69 Å². The average Bonchev–Trinajstić information content (AvgIpc) is 2.86. The summed E-state index contributed by atoms with van der Waals surface area (Å²) in [5, 5.41) is 0. The van der Waals surface area contributed by atoms with Crippen molar-refractivity contribution in [1.29, 1.82) is 0 Å². The Kier molecular flexibility index (Phi) is 3.35. The maximum absolute atomic E-state index is 5.70. The minimum atomic E-state index is 0.539. The maximum Gasteiger partial charge on any atom is 0.192 e. The summed E-state index contributed by atoms with van der Waals surface area (Å²) in [4.78, 5) is 4.68. The summed E-state index contributed by atoms with van der Waals surface area (Å²) in [7, 11) is 0. The molecule has 2 heterocycles. The number of rotatable bonds is 4. The molecule has 2 aliphatic heterocycles. The molecule has 0 aromatic heterocycles. The van der Waals surface area contributed by atoms with Crippen LogP contribution in [-0.2, 0) is 4.74 Å². The van der Waals surface area contributed by atoms with Gasteiger partial charge in [0.15, 0.2) is 5.90 Å². The van der Waals surface area contributed by atoms with Crippen LogP contribution in [0.15, 0.2) is 29.3 Å². The van der Waals surface area contributed by atoms with E-state index in [2.05, 4.69) is 36.2 Å². The first-order chi connectivity index (χ1) is 8.90. The van der Waals surface area contributed by atoms with Crippen LogP contribution in [0.5, 0.6) is 0 Å². The third-order valence-corrected chi connectivity index (χ3v) is 4.17. The Hall–Kier alpha value is -1.31. The Balaban J connectivity index is 1.88. The van der Waals surface area contributed by atoms with Crippen molar-refractivity contribution in [3.05, 3.63) is 29.8 Å². The summed E-state index contributed by atoms with van der Waals surface area (Å²) in [6.45, 7) is 3.11. The molecule has 1 fully saturated rings. The molecule has 0 spiro atoms. The highest BCUT2D eigenvalue weighted by Gasteiger charge is 2.37. The quantitative estimate of drug-likeness (QED) is 0.717. The van der Waals surface area contributed by atoms with Crippen LogP contribution >= 0.6 is 0 Å². The van der Waals surface area contributed by atoms with Crippen LogP contribution < -0.4 is 0 Å². The summed E-state index contributed by atoms with van der Waals surface area (Å²) in [6.07, 6.45) is 6.36. The fourth-order valence-corrected chi connectivity index (χ4v) is 3.22. The molecule has 0 N–H and O–H groups in total. The van der Waals surface area contributed by atoms with Gasteiger partial charge in [-0.15, -0.1) is 0 Å². The second-order valence-corrected chi connectivity index (χ2v) is 5.35. The van der Waals surface area contributed by atoms with Gasteiger partial charge in [-0.2, -0.15) is 0 Å². The molecular weight excluding hydrogens is 222 g/mol. The van der Waals surface area contributed by atoms with E-state index in [1.807, 2.05) is 0 Å². The first-order valence-corrected chi connectivity index (χ1v) is 7.20. The molecule has 1 aromatic carbocycles. The van der Waals surface area contributed by atoms with E-state index in [0.717, 1.165) is 24.6 Å². The summed E-state index contributed by atoms with van der Waals surface area (Å²) < 4.78 is 5.70. The zero-order valence-corrected chi connectivity index (χ0v) is 11.1. The number of ether oxygens (including phenoxy) is 1. The molecular formula is C16H21NO. The zero-order chi connectivity index (χ0) is 12.4. The first-order valence-electron chi connectivity index (χ1n) is 7.20. The highest BCUT2D eigenvalue weighted by Crippen LogP contribution is 2.44. The number of nitrogens with zero attached hydrogens (tertiary/aromatic N) is 1. The lowest BCUT2D eigenvalue weighted by molar-refractivity contribution is 0.344. The van der Waals surface area contributed by atoms with Crippen LogP contribution in [-0.4, -0.2) is 12.5 Å². The number of hydrogen-bond donors (Lipinski definition) is 0. The number of para-hydroxylation sites is 1. The molecule has 2 nitrogen and oxygen atoms in total. The lowest BCUT2D eigenvalue weighted by Crippen LogP contribution is -2.21. The predicted molar refractivity (Wildman–Crippen MR) is 74.5 cm³/mol. The third-order valence-electron chi connectivity index (χ3n) is 4.17. The maximum atomic E-state index is 5.70. The van der Waals surface area contributed by atoms with Crippen molar-refractivity contribution in [2.24, 2.45) is 10.9 Å². The molecule has 1 saturated heterocycles. The number of fused-ring (bicyclic) bond motifs is 2. The van der Waals surface area contributed by atoms with Crippen LogP contribution in [0.25, 0.3) is 0 Å². The van der Waals surface area contributed by atoms with E-state index in [-0.39, 0.29) is 0 Å². The molecule has 2 aliphatic rings. The molecule has 2 heteroatoms. The second-order valence-electron chi connectivity index (χ2n) is 5.35. The largest absolute Gasteiger partial charge is 0.480 e. The van der Waals surface area contributed by atoms with E-state index >= 15 is 0 Å². The SMILES string of the molecule is CCCCCC1c2ccccc2N=C2OCCC21. The number of benzene rings is 1. The topological polar surface area (TPSA) is 21.6 Å². The molecule has 2 atom stereocenters. The van der Waals surface area contributed by atoms with Gasteiger partial charge < -0.3 is 4.74 Å². The highest BCUT2D eigenvalue weighted by atomic mass is 16.5. The Morgan fingerprint density at radius 3 is 3.06 bits per heavy atom. The minimum absolute atomic E-state index is 0.539. The Morgan fingerprint density at radius 1 is 1.28 bits per heavy atom. The van der Waals surface area contributed by atoms with Crippen molar-refractivity contribution in [3.63, 3.8) is 0 Å². The Bertz CT molecular complexity index is 452. The molecule has 96 valence electrons. The molecule has 0 amide bonds. The smallest absolute Gasteiger partial charge is 0.192 e. The lowest BCUT2D eigenvalue weighted by atomic mass is 9.79. The monoisotopic (exact) mass is 243 g/mol. The lowest BCUT2D eigenvalue weighted by Gasteiger charge is -2.28. The fourth-order valence-electron chi connectivity index (χ4n) is 3.22. The van der Waals surface area contributed by atoms with E-state index in [4.69, 9.17) is 4.74 Å². The summed E-state index contributed by atoms with van der Waals surface area (Å²) in [5.41, 5.74) is 2.57. The van der Waals surface area contributed by atoms with Gasteiger partial charge in [0.1, 0.15) is 0 Å². The van der Waals surface area contributed by atoms with Crippen molar-refractivity contribution in [3.8, 4) is 0 Å². The number of hydrogen-bond acceptors (Lipinski definition) is 2. The van der Waals surface area contributed by atoms with Gasteiger partial charge in [-0.25, -0.2) is 4.99 Å². The van der Waals surface area contributed by atoms with Crippen molar-refractivity contribution in [1.82, 2.24) is 0 Å². The van der Waals surface area contributed by atoms with Gasteiger partial charge in [0.25, 0.3) is 0 Å². The van der Waals surface area contributed by atoms with Crippen LogP contribution in [0.3, 0.4) is 0 Å². The van der Waals surface area contributed by atoms with Crippen LogP contribution in [0, 0.1) is 5.92 Å². The molecule has 1 aromatic rings. The van der Waals surface area contributed by atoms with Gasteiger partial charge >= 0.3 is 0 Å². The zero-order valence-electron chi connectivity index (χ0n) is 11.1. The fraction of sp³-hybridized carbons (Fsp3) is 0.562. The van der Waals surface area contributed by atoms with Crippen molar-refractivity contribution < 1.29 is 4.74 Å². The molecule has 2 unspecified atom stereocenters. The van der Waals surface area contributed by atoms with Crippen molar-refractivity contribution in [2.45, 2.75) is 44.9 Å². The minimum Gasteiger partial charge on any atom is -0.480 e. The van der Waals surface area contributed by atoms with Gasteiger partial charge in [0.05, 0.1) is 12.3 Å². The first kappa shape index (κ1) is 11.8. The molecule has 18 heavy (non-hydrogen) atoms. The molecule has 0 saturated carbocycles. The van der Waals surface area contributed by atoms with Gasteiger partial charge in [0.2, 0.25) is 0 Å². The molecule has 3 rings (SSSR count). The van der Waals surface area contributed by atoms with Crippen molar-refractivity contribution in [2.75, 3.05) is 6.61 Å². The van der Waals surface area contributed by atoms with Gasteiger partial charge in [-0.3, -0.25) is 0 Å². The van der Waals surface area contributed by atoms with E-state index in [0.29, 0.717) is 11.8 Å². The van der Waals surface area contributed by atoms with Gasteiger partial charge in [-0.1, -0.05) is 44.4 Å². The van der Waals surface area contributed by atoms with E-state index < -0.39 is 0 Å². The summed E-state index contributed by atoms with van der Waals surface area (Å²) in [5.74, 6) is 2.16. The van der Waals surface area contributed by atoms with E-state index in [9.17, 15) is 0 Å². The number of unbranched alkanes of at least 4 members (excludes halogenated alkanes) is 2. The average molecular weight is 243 g/mol. The van der Waals surface area contributed by atoms with Crippen LogP contribution in [0.1, 0.15) is 50.5 Å². The summed E-state index contributed by atoms with van der Waals surface area (Å²) >= 11 is 0. The van der Waals surface area contributed by atoms with Gasteiger partial charge in [0, 0.05) is 5.92 Å². The summed E-state index contributed by atoms with van der Waals surface area (Å²) in [6, 6.07) is 8.58. The third kappa shape index (κ3) is 2.05. The predicted octanol–water partition coefficient (Wildman–Crippen LogP) is 4.43. The van der Waals surface area contributed by atoms with E-state index in [1.54, 1.807) is 0 Å². The number of aliphatic imine (C=N–C) groups is 1. The van der Waals surface area contributed by atoms with Crippen LogP contribution in [0.2, 0.25) is 0 Å². The van der Waals surface area contributed by atoms with Crippen molar-refractivity contribution >= 4 is 11.6 Å². The Morgan fingerprint density at radius 2 is 2.17 bits per heavy atom. The second kappa shape index (κ2) is 5.13. The van der Waals surface area contributed by atoms with E-state index in [1.165, 1.54) is 31.2 Å². The molecule has 0 radical (unpaired) electrons. The Labute approximate surface area is 109 Å². The standard InChI is InChI=1S/C16H21NO/c1-2-3-4-7-12-13-8-5-6-9-15(13)17-16-14(12)10-11-18-16/h5-6,8-9,12,14H,2-4,7,10-11H2,1H3. The highest BCUT2D eigenvalue weighted by molar-refractivity contribution is 5.87.